The number of nitrogens with zero attached hydrogens (tertiary/aromatic N) is 3. The predicted octanol–water partition coefficient (Wildman–Crippen LogP) is 4.08. The number of carbonyl (C=O) groups is 1. The lowest BCUT2D eigenvalue weighted by molar-refractivity contribution is 0.102. The highest BCUT2D eigenvalue weighted by molar-refractivity contribution is 6.04. The second-order valence-corrected chi connectivity index (χ2v) is 6.85. The van der Waals surface area contributed by atoms with Crippen LogP contribution in [0.25, 0.3) is 0 Å². The summed E-state index contributed by atoms with van der Waals surface area (Å²) in [6, 6.07) is 15.4. The van der Waals surface area contributed by atoms with Crippen molar-refractivity contribution in [3.05, 3.63) is 66.5 Å². The highest BCUT2D eigenvalue weighted by Crippen LogP contribution is 2.23. The Hall–Kier alpha value is -3.61. The van der Waals surface area contributed by atoms with Crippen molar-refractivity contribution in [1.82, 2.24) is 9.97 Å². The average Bonchev–Trinajstić information content (AvgIpc) is 3.30. The number of benzene rings is 2. The van der Waals surface area contributed by atoms with Crippen LogP contribution < -0.4 is 20.3 Å². The summed E-state index contributed by atoms with van der Waals surface area (Å²) in [6.45, 7) is 2.24. The molecule has 0 bridgehead atoms. The minimum atomic E-state index is -0.278. The van der Waals surface area contributed by atoms with Gasteiger partial charge >= 0.3 is 0 Å². The van der Waals surface area contributed by atoms with Crippen molar-refractivity contribution >= 4 is 28.9 Å². The van der Waals surface area contributed by atoms with Crippen molar-refractivity contribution in [2.45, 2.75) is 12.8 Å². The van der Waals surface area contributed by atoms with E-state index < -0.39 is 0 Å². The molecule has 1 aromatic heterocycles. The molecule has 29 heavy (non-hydrogen) atoms. The fourth-order valence-corrected chi connectivity index (χ4v) is 3.27. The molecule has 148 valence electrons. The topological polar surface area (TPSA) is 79.4 Å². The van der Waals surface area contributed by atoms with E-state index in [4.69, 9.17) is 4.74 Å². The Morgan fingerprint density at radius 3 is 2.41 bits per heavy atom. The van der Waals surface area contributed by atoms with Gasteiger partial charge in [-0.2, -0.15) is 0 Å². The average molecular weight is 389 g/mol. The number of hydrogen-bond donors (Lipinski definition) is 2. The Bertz CT molecular complexity index is 967. The number of aromatic nitrogens is 2. The summed E-state index contributed by atoms with van der Waals surface area (Å²) in [5, 5.41) is 5.97. The molecular weight excluding hydrogens is 366 g/mol. The summed E-state index contributed by atoms with van der Waals surface area (Å²) in [5.74, 6) is 0.839. The standard InChI is InChI=1S/C22H23N5O2/c1-29-20-6-4-5-18(13-20)25-21(28)16-14-23-22(24-15-16)26-17-7-9-19(10-8-17)27-11-2-3-12-27/h4-10,13-15H,2-3,11-12H2,1H3,(H,25,28)(H,23,24,26). The summed E-state index contributed by atoms with van der Waals surface area (Å²) in [6.07, 6.45) is 5.52. The maximum atomic E-state index is 12.4. The molecule has 0 saturated carbocycles. The van der Waals surface area contributed by atoms with Crippen molar-refractivity contribution < 1.29 is 9.53 Å². The molecule has 2 aromatic carbocycles. The van der Waals surface area contributed by atoms with E-state index in [1.807, 2.05) is 24.3 Å². The van der Waals surface area contributed by atoms with Gasteiger partial charge in [0, 0.05) is 48.6 Å². The molecular formula is C22H23N5O2. The van der Waals surface area contributed by atoms with Crippen LogP contribution in [0.4, 0.5) is 23.0 Å². The van der Waals surface area contributed by atoms with Gasteiger partial charge < -0.3 is 20.3 Å². The van der Waals surface area contributed by atoms with Crippen LogP contribution in [-0.2, 0) is 0 Å². The molecule has 1 aliphatic heterocycles. The van der Waals surface area contributed by atoms with Crippen LogP contribution in [0.2, 0.25) is 0 Å². The fraction of sp³-hybridized carbons (Fsp3) is 0.227. The number of carbonyl (C=O) groups excluding carboxylic acids is 1. The maximum Gasteiger partial charge on any atom is 0.258 e. The molecule has 7 nitrogen and oxygen atoms in total. The van der Waals surface area contributed by atoms with E-state index >= 15 is 0 Å². The molecule has 0 radical (unpaired) electrons. The molecule has 1 fully saturated rings. The van der Waals surface area contributed by atoms with Crippen LogP contribution in [0, 0.1) is 0 Å². The van der Waals surface area contributed by atoms with Crippen LogP contribution in [0.1, 0.15) is 23.2 Å². The van der Waals surface area contributed by atoms with Gasteiger partial charge in [-0.25, -0.2) is 9.97 Å². The summed E-state index contributed by atoms with van der Waals surface area (Å²) < 4.78 is 5.16. The van der Waals surface area contributed by atoms with E-state index in [0.717, 1.165) is 18.8 Å². The second kappa shape index (κ2) is 8.60. The zero-order valence-corrected chi connectivity index (χ0v) is 16.3. The first-order valence-corrected chi connectivity index (χ1v) is 9.61. The van der Waals surface area contributed by atoms with Crippen molar-refractivity contribution in [3.8, 4) is 5.75 Å². The summed E-state index contributed by atoms with van der Waals surface area (Å²) >= 11 is 0. The molecule has 0 atom stereocenters. The van der Waals surface area contributed by atoms with Gasteiger partial charge in [0.2, 0.25) is 5.95 Å². The van der Waals surface area contributed by atoms with Crippen molar-refractivity contribution in [1.29, 1.82) is 0 Å². The molecule has 0 spiro atoms. The number of hydrogen-bond acceptors (Lipinski definition) is 6. The van der Waals surface area contributed by atoms with E-state index in [0.29, 0.717) is 22.9 Å². The minimum absolute atomic E-state index is 0.278. The predicted molar refractivity (Wildman–Crippen MR) is 114 cm³/mol. The molecule has 0 unspecified atom stereocenters. The van der Waals surface area contributed by atoms with Crippen LogP contribution in [0.5, 0.6) is 5.75 Å². The molecule has 2 N–H and O–H groups in total. The molecule has 2 heterocycles. The van der Waals surface area contributed by atoms with Crippen molar-refractivity contribution in [3.63, 3.8) is 0 Å². The van der Waals surface area contributed by atoms with E-state index in [1.165, 1.54) is 30.9 Å². The Morgan fingerprint density at radius 1 is 1.00 bits per heavy atom. The number of rotatable bonds is 6. The first-order valence-electron chi connectivity index (χ1n) is 9.61. The van der Waals surface area contributed by atoms with E-state index in [9.17, 15) is 4.79 Å². The maximum absolute atomic E-state index is 12.4. The molecule has 1 saturated heterocycles. The summed E-state index contributed by atoms with van der Waals surface area (Å²) in [7, 11) is 1.58. The molecule has 0 aliphatic carbocycles. The third kappa shape index (κ3) is 4.63. The van der Waals surface area contributed by atoms with Gasteiger partial charge in [-0.05, 0) is 49.2 Å². The van der Waals surface area contributed by atoms with Crippen molar-refractivity contribution in [2.24, 2.45) is 0 Å². The minimum Gasteiger partial charge on any atom is -0.497 e. The van der Waals surface area contributed by atoms with E-state index in [2.05, 4.69) is 37.6 Å². The third-order valence-electron chi connectivity index (χ3n) is 4.84. The highest BCUT2D eigenvalue weighted by atomic mass is 16.5. The van der Waals surface area contributed by atoms with E-state index in [1.54, 1.807) is 19.2 Å². The van der Waals surface area contributed by atoms with Crippen LogP contribution in [-0.4, -0.2) is 36.1 Å². The Morgan fingerprint density at radius 2 is 1.72 bits per heavy atom. The number of methoxy groups -OCH3 is 1. The zero-order chi connectivity index (χ0) is 20.1. The quantitative estimate of drug-likeness (QED) is 0.661. The Kier molecular flexibility index (Phi) is 5.56. The lowest BCUT2D eigenvalue weighted by Crippen LogP contribution is -2.17. The smallest absolute Gasteiger partial charge is 0.258 e. The monoisotopic (exact) mass is 389 g/mol. The Balaban J connectivity index is 1.37. The summed E-state index contributed by atoms with van der Waals surface area (Å²) in [4.78, 5) is 23.3. The number of ether oxygens (including phenoxy) is 1. The van der Waals surface area contributed by atoms with Crippen LogP contribution in [0.15, 0.2) is 60.9 Å². The van der Waals surface area contributed by atoms with Gasteiger partial charge in [-0.1, -0.05) is 6.07 Å². The SMILES string of the molecule is COc1cccc(NC(=O)c2cnc(Nc3ccc(N4CCCC4)cc3)nc2)c1. The molecule has 1 amide bonds. The first-order chi connectivity index (χ1) is 14.2. The van der Waals surface area contributed by atoms with Crippen LogP contribution in [0.3, 0.4) is 0 Å². The van der Waals surface area contributed by atoms with Gasteiger partial charge in [0.1, 0.15) is 5.75 Å². The normalized spacial score (nSPS) is 13.2. The van der Waals surface area contributed by atoms with Gasteiger partial charge in [-0.3, -0.25) is 4.79 Å². The molecule has 3 aromatic rings. The highest BCUT2D eigenvalue weighted by Gasteiger charge is 2.12. The number of amides is 1. The van der Waals surface area contributed by atoms with Gasteiger partial charge in [-0.15, -0.1) is 0 Å². The number of anilines is 4. The largest absolute Gasteiger partial charge is 0.497 e. The number of nitrogens with one attached hydrogen (secondary N) is 2. The van der Waals surface area contributed by atoms with Gasteiger partial charge in [0.15, 0.2) is 0 Å². The summed E-state index contributed by atoms with van der Waals surface area (Å²) in [5.41, 5.74) is 3.16. The second-order valence-electron chi connectivity index (χ2n) is 6.85. The Labute approximate surface area is 169 Å². The molecule has 1 aliphatic rings. The zero-order valence-electron chi connectivity index (χ0n) is 16.3. The molecule has 7 heteroatoms. The molecule has 4 rings (SSSR count). The fourth-order valence-electron chi connectivity index (χ4n) is 3.27. The lowest BCUT2D eigenvalue weighted by atomic mass is 10.2. The van der Waals surface area contributed by atoms with E-state index in [-0.39, 0.29) is 5.91 Å². The van der Waals surface area contributed by atoms with Crippen molar-refractivity contribution in [2.75, 3.05) is 35.7 Å². The van der Waals surface area contributed by atoms with Crippen LogP contribution >= 0.6 is 0 Å². The lowest BCUT2D eigenvalue weighted by Gasteiger charge is -2.17. The van der Waals surface area contributed by atoms with Gasteiger partial charge in [0.25, 0.3) is 5.91 Å². The third-order valence-corrected chi connectivity index (χ3v) is 4.84. The van der Waals surface area contributed by atoms with Gasteiger partial charge in [0.05, 0.1) is 12.7 Å². The first kappa shape index (κ1) is 18.7.